The summed E-state index contributed by atoms with van der Waals surface area (Å²) in [6, 6.07) is 15.2. The van der Waals surface area contributed by atoms with E-state index < -0.39 is 35.2 Å². The molecule has 0 unspecified atom stereocenters. The minimum absolute atomic E-state index is 0.393. The Bertz CT molecular complexity index is 1080. The molecule has 1 amide bonds. The Balaban J connectivity index is 1.78. The molecule has 37 heavy (non-hydrogen) atoms. The highest BCUT2D eigenvalue weighted by molar-refractivity contribution is 6.38. The molecule has 0 N–H and O–H groups in total. The van der Waals surface area contributed by atoms with E-state index in [1.807, 2.05) is 43.3 Å². The van der Waals surface area contributed by atoms with Crippen molar-refractivity contribution in [1.82, 2.24) is 4.90 Å². The van der Waals surface area contributed by atoms with Crippen molar-refractivity contribution in [2.75, 3.05) is 13.7 Å². The van der Waals surface area contributed by atoms with Crippen LogP contribution in [0.1, 0.15) is 82.6 Å². The highest BCUT2D eigenvalue weighted by atomic mass is 16.5. The third-order valence-electron chi connectivity index (χ3n) is 7.59. The van der Waals surface area contributed by atoms with Gasteiger partial charge in [-0.3, -0.25) is 9.59 Å². The number of amides is 1. The number of esters is 1. The third kappa shape index (κ3) is 7.00. The molecule has 200 valence electrons. The van der Waals surface area contributed by atoms with Gasteiger partial charge in [0.05, 0.1) is 7.11 Å². The van der Waals surface area contributed by atoms with Gasteiger partial charge in [-0.2, -0.15) is 0 Å². The van der Waals surface area contributed by atoms with Gasteiger partial charge in [0.1, 0.15) is 17.9 Å². The molecule has 6 nitrogen and oxygen atoms in total. The molecule has 1 saturated heterocycles. The Labute approximate surface area is 221 Å². The minimum Gasteiger partial charge on any atom is -0.496 e. The zero-order valence-corrected chi connectivity index (χ0v) is 22.9. The van der Waals surface area contributed by atoms with Gasteiger partial charge < -0.3 is 14.4 Å². The van der Waals surface area contributed by atoms with Gasteiger partial charge in [-0.15, -0.1) is 0 Å². The van der Waals surface area contributed by atoms with Crippen molar-refractivity contribution in [2.24, 2.45) is 5.41 Å². The van der Waals surface area contributed by atoms with Crippen LogP contribution in [0.4, 0.5) is 0 Å². The van der Waals surface area contributed by atoms with Crippen LogP contribution in [0.5, 0.6) is 5.75 Å². The first-order chi connectivity index (χ1) is 17.7. The number of piperidine rings is 1. The second-order valence-electron chi connectivity index (χ2n) is 10.5. The van der Waals surface area contributed by atoms with Crippen LogP contribution >= 0.6 is 0 Å². The average molecular weight is 508 g/mol. The van der Waals surface area contributed by atoms with Crippen molar-refractivity contribution in [3.05, 3.63) is 65.2 Å². The van der Waals surface area contributed by atoms with Gasteiger partial charge >= 0.3 is 5.97 Å². The number of hydrogen-bond donors (Lipinski definition) is 0. The van der Waals surface area contributed by atoms with E-state index in [2.05, 4.69) is 19.1 Å². The number of Topliss-reactive ketones (excluding diaryl/α,β-unsaturated/α-hetero) is 1. The van der Waals surface area contributed by atoms with Crippen LogP contribution < -0.4 is 4.74 Å². The van der Waals surface area contributed by atoms with E-state index in [-0.39, 0.29) is 0 Å². The van der Waals surface area contributed by atoms with Gasteiger partial charge in [-0.05, 0) is 67.7 Å². The number of carbonyl (C=O) groups is 3. The number of benzene rings is 2. The Morgan fingerprint density at radius 3 is 2.43 bits per heavy atom. The number of rotatable bonds is 11. The summed E-state index contributed by atoms with van der Waals surface area (Å²) in [5.74, 6) is -0.598. The Morgan fingerprint density at radius 1 is 1.05 bits per heavy atom. The summed E-state index contributed by atoms with van der Waals surface area (Å²) in [7, 11) is 1.68. The first-order valence-corrected chi connectivity index (χ1v) is 13.5. The van der Waals surface area contributed by atoms with Crippen LogP contribution in [0.15, 0.2) is 48.5 Å². The second-order valence-corrected chi connectivity index (χ2v) is 10.5. The number of methoxy groups -OCH3 is 1. The first-order valence-electron chi connectivity index (χ1n) is 13.5. The lowest BCUT2D eigenvalue weighted by molar-refractivity contribution is -0.164. The average Bonchev–Trinajstić information content (AvgIpc) is 2.94. The Hall–Kier alpha value is -3.15. The maximum absolute atomic E-state index is 13.5. The quantitative estimate of drug-likeness (QED) is 0.281. The molecular weight excluding hydrogens is 466 g/mol. The van der Waals surface area contributed by atoms with Crippen molar-refractivity contribution in [2.45, 2.75) is 84.8 Å². The summed E-state index contributed by atoms with van der Waals surface area (Å²) >= 11 is 0. The molecular formula is C31H41NO5. The van der Waals surface area contributed by atoms with Gasteiger partial charge in [0.25, 0.3) is 5.91 Å². The van der Waals surface area contributed by atoms with Gasteiger partial charge in [0.2, 0.25) is 5.78 Å². The number of aryl methyl sites for hydroxylation is 2. The maximum atomic E-state index is 13.5. The van der Waals surface area contributed by atoms with Gasteiger partial charge in [0.15, 0.2) is 0 Å². The summed E-state index contributed by atoms with van der Waals surface area (Å²) < 4.78 is 11.6. The van der Waals surface area contributed by atoms with Crippen molar-refractivity contribution in [3.8, 4) is 5.75 Å². The van der Waals surface area contributed by atoms with Crippen molar-refractivity contribution < 1.29 is 23.9 Å². The van der Waals surface area contributed by atoms with Crippen LogP contribution in [-0.4, -0.2) is 42.3 Å². The molecule has 0 bridgehead atoms. The van der Waals surface area contributed by atoms with Crippen LogP contribution in [0.3, 0.4) is 0 Å². The van der Waals surface area contributed by atoms with Crippen LogP contribution in [0, 0.1) is 5.41 Å². The van der Waals surface area contributed by atoms with E-state index in [1.165, 1.54) is 4.90 Å². The Morgan fingerprint density at radius 2 is 1.78 bits per heavy atom. The summed E-state index contributed by atoms with van der Waals surface area (Å²) in [5, 5.41) is 0. The summed E-state index contributed by atoms with van der Waals surface area (Å²) in [6.45, 7) is 7.93. The number of nitrogens with zero attached hydrogens (tertiary/aromatic N) is 1. The van der Waals surface area contributed by atoms with E-state index in [1.54, 1.807) is 21.0 Å². The monoisotopic (exact) mass is 507 g/mol. The predicted octanol–water partition coefficient (Wildman–Crippen LogP) is 5.86. The third-order valence-corrected chi connectivity index (χ3v) is 7.59. The fourth-order valence-corrected chi connectivity index (χ4v) is 4.71. The van der Waals surface area contributed by atoms with Crippen LogP contribution in [0.2, 0.25) is 0 Å². The smallest absolute Gasteiger partial charge is 0.329 e. The van der Waals surface area contributed by atoms with E-state index in [0.29, 0.717) is 32.2 Å². The second kappa shape index (κ2) is 12.9. The fraction of sp³-hybridized carbons (Fsp3) is 0.516. The number of hydrogen-bond acceptors (Lipinski definition) is 5. The standard InChI is InChI=1S/C31H41NO5/c1-6-23-18-16-22(21-27(23)36-5)17-19-26(24-13-9-8-10-14-24)37-30(35)25-15-11-12-20-32(25)29(34)28(33)31(3,4)7-2/h8-10,13-14,16,18,21,25-26H,6-7,11-12,15,17,19-20H2,1-5H3/t25-,26+/m0/s1. The molecule has 2 aromatic rings. The molecule has 1 aliphatic heterocycles. The lowest BCUT2D eigenvalue weighted by atomic mass is 9.84. The summed E-state index contributed by atoms with van der Waals surface area (Å²) in [4.78, 5) is 41.0. The molecule has 0 spiro atoms. The van der Waals surface area contributed by atoms with Gasteiger partial charge in [-0.1, -0.05) is 70.2 Å². The molecule has 6 heteroatoms. The fourth-order valence-electron chi connectivity index (χ4n) is 4.71. The normalized spacial score (nSPS) is 16.7. The number of ketones is 1. The summed E-state index contributed by atoms with van der Waals surface area (Å²) in [6.07, 6.45) is 4.36. The number of ether oxygens (including phenoxy) is 2. The van der Waals surface area contributed by atoms with Crippen LogP contribution in [0.25, 0.3) is 0 Å². The molecule has 1 aliphatic rings. The molecule has 0 saturated carbocycles. The van der Waals surface area contributed by atoms with Crippen molar-refractivity contribution in [1.29, 1.82) is 0 Å². The van der Waals surface area contributed by atoms with Crippen molar-refractivity contribution >= 4 is 17.7 Å². The molecule has 2 aromatic carbocycles. The molecule has 0 aliphatic carbocycles. The topological polar surface area (TPSA) is 72.9 Å². The molecule has 0 aromatic heterocycles. The van der Waals surface area contributed by atoms with E-state index in [0.717, 1.165) is 41.7 Å². The van der Waals surface area contributed by atoms with Gasteiger partial charge in [0, 0.05) is 12.0 Å². The van der Waals surface area contributed by atoms with Crippen LogP contribution in [-0.2, 0) is 32.0 Å². The molecule has 0 radical (unpaired) electrons. The number of likely N-dealkylation sites (tertiary alicyclic amines) is 1. The SMILES string of the molecule is CCc1ccc(CC[C@@H](OC(=O)[C@@H]2CCCCN2C(=O)C(=O)C(C)(C)CC)c2ccccc2)cc1OC. The van der Waals surface area contributed by atoms with E-state index in [9.17, 15) is 14.4 Å². The first kappa shape index (κ1) is 28.4. The Kier molecular flexibility index (Phi) is 9.90. The van der Waals surface area contributed by atoms with E-state index in [4.69, 9.17) is 9.47 Å². The predicted molar refractivity (Wildman–Crippen MR) is 144 cm³/mol. The van der Waals surface area contributed by atoms with E-state index >= 15 is 0 Å². The maximum Gasteiger partial charge on any atom is 0.329 e. The lowest BCUT2D eigenvalue weighted by Gasteiger charge is -2.36. The van der Waals surface area contributed by atoms with Gasteiger partial charge in [-0.25, -0.2) is 4.79 Å². The molecule has 2 atom stereocenters. The zero-order chi connectivity index (χ0) is 27.0. The molecule has 1 fully saturated rings. The molecule has 3 rings (SSSR count). The lowest BCUT2D eigenvalue weighted by Crippen LogP contribution is -2.53. The largest absolute Gasteiger partial charge is 0.496 e. The summed E-state index contributed by atoms with van der Waals surface area (Å²) in [5.41, 5.74) is 2.40. The highest BCUT2D eigenvalue weighted by Gasteiger charge is 2.41. The zero-order valence-electron chi connectivity index (χ0n) is 22.9. The van der Waals surface area contributed by atoms with Crippen molar-refractivity contribution in [3.63, 3.8) is 0 Å². The highest BCUT2D eigenvalue weighted by Crippen LogP contribution is 2.30. The molecule has 1 heterocycles. The minimum atomic E-state index is -0.760. The number of carbonyl (C=O) groups excluding carboxylic acids is 3.